The molecule has 0 spiro atoms. The number of nitrogens with one attached hydrogen (secondary N) is 1. The van der Waals surface area contributed by atoms with Crippen LogP contribution in [0.4, 0.5) is 17.5 Å². The molecule has 1 atom stereocenters. The molecule has 0 saturated carbocycles. The molecule has 1 aromatic heterocycles. The van der Waals surface area contributed by atoms with Crippen LogP contribution in [0.5, 0.6) is 5.88 Å². The molecule has 9 heteroatoms. The van der Waals surface area contributed by atoms with Crippen LogP contribution in [0.1, 0.15) is 19.4 Å². The van der Waals surface area contributed by atoms with Gasteiger partial charge in [0.2, 0.25) is 17.7 Å². The first-order valence-electron chi connectivity index (χ1n) is 7.87. The molecule has 0 aliphatic heterocycles. The van der Waals surface area contributed by atoms with Gasteiger partial charge in [-0.05, 0) is 32.0 Å². The SMILES string of the molecule is CCOc1nc(N)nc(NC(=O)[C@H](C)N(C)c2cccc(Br)c2)c1C#N. The van der Waals surface area contributed by atoms with Crippen molar-refractivity contribution in [2.75, 3.05) is 29.6 Å². The molecule has 0 aliphatic carbocycles. The third-order valence-corrected chi connectivity index (χ3v) is 4.20. The number of amides is 1. The van der Waals surface area contributed by atoms with Gasteiger partial charge in [-0.1, -0.05) is 22.0 Å². The van der Waals surface area contributed by atoms with Crippen molar-refractivity contribution in [1.82, 2.24) is 9.97 Å². The summed E-state index contributed by atoms with van der Waals surface area (Å²) in [6.45, 7) is 3.81. The highest BCUT2D eigenvalue weighted by Gasteiger charge is 2.22. The molecular formula is C17H19BrN6O2. The number of hydrogen-bond donors (Lipinski definition) is 2. The molecular weight excluding hydrogens is 400 g/mol. The molecule has 26 heavy (non-hydrogen) atoms. The number of nitrogen functional groups attached to an aromatic ring is 1. The Balaban J connectivity index is 2.25. The molecule has 1 amide bonds. The van der Waals surface area contributed by atoms with E-state index in [0.29, 0.717) is 6.61 Å². The molecule has 0 fully saturated rings. The fourth-order valence-electron chi connectivity index (χ4n) is 2.21. The normalized spacial score (nSPS) is 11.3. The van der Waals surface area contributed by atoms with E-state index in [2.05, 4.69) is 31.2 Å². The zero-order valence-electron chi connectivity index (χ0n) is 14.7. The van der Waals surface area contributed by atoms with E-state index in [1.807, 2.05) is 30.3 Å². The molecule has 0 unspecified atom stereocenters. The van der Waals surface area contributed by atoms with E-state index in [0.717, 1.165) is 10.2 Å². The van der Waals surface area contributed by atoms with Crippen LogP contribution in [0.3, 0.4) is 0 Å². The lowest BCUT2D eigenvalue weighted by molar-refractivity contribution is -0.117. The van der Waals surface area contributed by atoms with Crippen LogP contribution >= 0.6 is 15.9 Å². The zero-order valence-corrected chi connectivity index (χ0v) is 16.2. The molecule has 0 aliphatic rings. The predicted molar refractivity (Wildman–Crippen MR) is 103 cm³/mol. The predicted octanol–water partition coefficient (Wildman–Crippen LogP) is 2.56. The number of ether oxygens (including phenoxy) is 1. The monoisotopic (exact) mass is 418 g/mol. The number of nitrogens with zero attached hydrogens (tertiary/aromatic N) is 4. The molecule has 0 saturated heterocycles. The lowest BCUT2D eigenvalue weighted by atomic mass is 10.2. The van der Waals surface area contributed by atoms with Crippen LogP contribution in [-0.4, -0.2) is 35.6 Å². The van der Waals surface area contributed by atoms with E-state index in [9.17, 15) is 10.1 Å². The number of nitriles is 1. The molecule has 1 aromatic carbocycles. The van der Waals surface area contributed by atoms with Gasteiger partial charge < -0.3 is 20.7 Å². The Morgan fingerprint density at radius 3 is 2.85 bits per heavy atom. The van der Waals surface area contributed by atoms with E-state index in [1.54, 1.807) is 25.8 Å². The number of nitrogens with two attached hydrogens (primary N) is 1. The fraction of sp³-hybridized carbons (Fsp3) is 0.294. The van der Waals surface area contributed by atoms with E-state index in [1.165, 1.54) is 0 Å². The van der Waals surface area contributed by atoms with Crippen LogP contribution in [-0.2, 0) is 4.79 Å². The number of hydrogen-bond acceptors (Lipinski definition) is 7. The highest BCUT2D eigenvalue weighted by atomic mass is 79.9. The summed E-state index contributed by atoms with van der Waals surface area (Å²) in [5.74, 6) is -0.353. The van der Waals surface area contributed by atoms with Gasteiger partial charge in [-0.2, -0.15) is 15.2 Å². The second kappa shape index (κ2) is 8.49. The van der Waals surface area contributed by atoms with Crippen LogP contribution in [0.25, 0.3) is 0 Å². The summed E-state index contributed by atoms with van der Waals surface area (Å²) >= 11 is 3.41. The summed E-state index contributed by atoms with van der Waals surface area (Å²) in [5.41, 5.74) is 6.55. The largest absolute Gasteiger partial charge is 0.477 e. The molecule has 3 N–H and O–H groups in total. The third kappa shape index (κ3) is 4.40. The first kappa shape index (κ1) is 19.5. The third-order valence-electron chi connectivity index (χ3n) is 3.70. The highest BCUT2D eigenvalue weighted by Crippen LogP contribution is 2.24. The fourth-order valence-corrected chi connectivity index (χ4v) is 2.59. The minimum Gasteiger partial charge on any atom is -0.477 e. The van der Waals surface area contributed by atoms with Crippen molar-refractivity contribution < 1.29 is 9.53 Å². The summed E-state index contributed by atoms with van der Waals surface area (Å²) in [7, 11) is 1.80. The lowest BCUT2D eigenvalue weighted by Crippen LogP contribution is -2.40. The van der Waals surface area contributed by atoms with Gasteiger partial charge in [-0.3, -0.25) is 4.79 Å². The Hall–Kier alpha value is -2.86. The smallest absolute Gasteiger partial charge is 0.247 e. The van der Waals surface area contributed by atoms with Gasteiger partial charge in [0, 0.05) is 17.2 Å². The number of benzene rings is 1. The Bertz CT molecular complexity index is 852. The van der Waals surface area contributed by atoms with Gasteiger partial charge in [0.15, 0.2) is 11.4 Å². The Labute approximate surface area is 160 Å². The maximum atomic E-state index is 12.6. The summed E-state index contributed by atoms with van der Waals surface area (Å²) < 4.78 is 6.21. The average Bonchev–Trinajstić information content (AvgIpc) is 2.60. The van der Waals surface area contributed by atoms with Crippen LogP contribution < -0.4 is 20.7 Å². The first-order valence-corrected chi connectivity index (χ1v) is 8.66. The van der Waals surface area contributed by atoms with Crippen molar-refractivity contribution in [3.8, 4) is 11.9 Å². The number of carbonyl (C=O) groups excluding carboxylic acids is 1. The Kier molecular flexibility index (Phi) is 6.36. The van der Waals surface area contributed by atoms with E-state index < -0.39 is 6.04 Å². The van der Waals surface area contributed by atoms with Crippen LogP contribution in [0.2, 0.25) is 0 Å². The van der Waals surface area contributed by atoms with Crippen LogP contribution in [0, 0.1) is 11.3 Å². The summed E-state index contributed by atoms with van der Waals surface area (Å²) in [6.07, 6.45) is 0. The van der Waals surface area contributed by atoms with Gasteiger partial charge in [0.25, 0.3) is 0 Å². The van der Waals surface area contributed by atoms with E-state index >= 15 is 0 Å². The van der Waals surface area contributed by atoms with E-state index in [4.69, 9.17) is 10.5 Å². The van der Waals surface area contributed by atoms with Crippen molar-refractivity contribution >= 4 is 39.3 Å². The molecule has 2 aromatic rings. The quantitative estimate of drug-likeness (QED) is 0.739. The second-order valence-electron chi connectivity index (χ2n) is 5.41. The number of rotatable bonds is 6. The summed E-state index contributed by atoms with van der Waals surface area (Å²) in [4.78, 5) is 22.3. The Morgan fingerprint density at radius 2 is 2.23 bits per heavy atom. The topological polar surface area (TPSA) is 117 Å². The van der Waals surface area contributed by atoms with Crippen LogP contribution in [0.15, 0.2) is 28.7 Å². The van der Waals surface area contributed by atoms with Gasteiger partial charge >= 0.3 is 0 Å². The standard InChI is InChI=1S/C17H19BrN6O2/c1-4-26-16-13(9-19)14(22-17(20)23-16)21-15(25)10(2)24(3)12-7-5-6-11(18)8-12/h5-8,10H,4H2,1-3H3,(H3,20,21,22,23,25)/t10-/m0/s1. The van der Waals surface area contributed by atoms with Gasteiger partial charge in [-0.25, -0.2) is 0 Å². The minimum absolute atomic E-state index is 0.0305. The maximum Gasteiger partial charge on any atom is 0.247 e. The summed E-state index contributed by atoms with van der Waals surface area (Å²) in [5, 5.41) is 12.0. The lowest BCUT2D eigenvalue weighted by Gasteiger charge is -2.26. The van der Waals surface area contributed by atoms with E-state index in [-0.39, 0.29) is 29.1 Å². The highest BCUT2D eigenvalue weighted by molar-refractivity contribution is 9.10. The number of anilines is 3. The molecule has 0 bridgehead atoms. The van der Waals surface area contributed by atoms with Crippen molar-refractivity contribution in [3.05, 3.63) is 34.3 Å². The minimum atomic E-state index is -0.525. The first-order chi connectivity index (χ1) is 12.4. The number of halogens is 1. The van der Waals surface area contributed by atoms with Gasteiger partial charge in [0.05, 0.1) is 6.61 Å². The number of carbonyl (C=O) groups is 1. The Morgan fingerprint density at radius 1 is 1.50 bits per heavy atom. The van der Waals surface area contributed by atoms with Gasteiger partial charge in [0.1, 0.15) is 12.1 Å². The molecule has 136 valence electrons. The second-order valence-corrected chi connectivity index (χ2v) is 6.33. The van der Waals surface area contributed by atoms with Crippen molar-refractivity contribution in [1.29, 1.82) is 5.26 Å². The van der Waals surface area contributed by atoms with Crippen molar-refractivity contribution in [2.45, 2.75) is 19.9 Å². The molecule has 2 rings (SSSR count). The van der Waals surface area contributed by atoms with Gasteiger partial charge in [-0.15, -0.1) is 0 Å². The zero-order chi connectivity index (χ0) is 19.3. The van der Waals surface area contributed by atoms with Crippen molar-refractivity contribution in [2.24, 2.45) is 0 Å². The summed E-state index contributed by atoms with van der Waals surface area (Å²) in [6, 6.07) is 9.01. The van der Waals surface area contributed by atoms with Crippen molar-refractivity contribution in [3.63, 3.8) is 0 Å². The molecule has 0 radical (unpaired) electrons. The molecule has 1 heterocycles. The average molecular weight is 419 g/mol. The number of aromatic nitrogens is 2. The molecule has 8 nitrogen and oxygen atoms in total. The number of likely N-dealkylation sites (N-methyl/N-ethyl adjacent to an activating group) is 1. The maximum absolute atomic E-state index is 12.6.